The third kappa shape index (κ3) is 12.3. The molecule has 0 aliphatic carbocycles. The molecule has 2 aromatic carbocycles. The van der Waals surface area contributed by atoms with Crippen molar-refractivity contribution in [1.29, 1.82) is 0 Å². The smallest absolute Gasteiger partial charge is 0.421 e. The summed E-state index contributed by atoms with van der Waals surface area (Å²) in [5.74, 6) is 1.31. The fraction of sp³-hybridized carbons (Fsp3) is 0.488. The zero-order valence-corrected chi connectivity index (χ0v) is 38.3. The van der Waals surface area contributed by atoms with E-state index in [0.717, 1.165) is 26.2 Å². The number of alkyl halides is 3. The largest absolute Gasteiger partial charge is 0.495 e. The van der Waals surface area contributed by atoms with Gasteiger partial charge in [-0.1, -0.05) is 11.6 Å². The maximum atomic E-state index is 13.1. The second-order valence-electron chi connectivity index (χ2n) is 16.8. The van der Waals surface area contributed by atoms with Crippen molar-refractivity contribution in [2.24, 2.45) is 0 Å². The zero-order valence-electron chi connectivity index (χ0n) is 37.5. The average Bonchev–Trinajstić information content (AvgIpc) is 3.26. The Bertz CT molecular complexity index is 2240. The number of carbonyl (C=O) groups excluding carboxylic acids is 2. The summed E-state index contributed by atoms with van der Waals surface area (Å²) in [6.45, 7) is 19.1. The predicted molar refractivity (Wildman–Crippen MR) is 249 cm³/mol. The first-order chi connectivity index (χ1) is 29.7. The Balaban J connectivity index is 0.000000635. The van der Waals surface area contributed by atoms with Gasteiger partial charge in [-0.25, -0.2) is 9.97 Å². The minimum atomic E-state index is -4.57. The molecule has 4 heterocycles. The van der Waals surface area contributed by atoms with Crippen molar-refractivity contribution in [3.63, 3.8) is 0 Å². The number of rotatable bonds is 10. The number of aromatic nitrogens is 4. The van der Waals surface area contributed by atoms with Crippen LogP contribution >= 0.6 is 11.6 Å². The van der Waals surface area contributed by atoms with Gasteiger partial charge in [-0.15, -0.1) is 0 Å². The van der Waals surface area contributed by atoms with Crippen molar-refractivity contribution >= 4 is 58.3 Å². The molecule has 4 N–H and O–H groups in total. The lowest BCUT2D eigenvalue weighted by atomic mass is 10.0. The van der Waals surface area contributed by atoms with Crippen LogP contribution < -0.4 is 30.7 Å². The van der Waals surface area contributed by atoms with Crippen LogP contribution in [-0.2, 0) is 6.18 Å². The van der Waals surface area contributed by atoms with Crippen molar-refractivity contribution in [1.82, 2.24) is 39.5 Å². The number of ether oxygens (including phenoxy) is 2. The first kappa shape index (κ1) is 48.4. The molecule has 2 fully saturated rings. The molecule has 0 atom stereocenters. The highest BCUT2D eigenvalue weighted by Crippen LogP contribution is 2.35. The fourth-order valence-electron chi connectivity index (χ4n) is 7.06. The van der Waals surface area contributed by atoms with Gasteiger partial charge >= 0.3 is 6.18 Å². The summed E-state index contributed by atoms with van der Waals surface area (Å²) in [6, 6.07) is 10.2. The number of nitrogens with one attached hydrogen (secondary N) is 4. The van der Waals surface area contributed by atoms with E-state index in [4.69, 9.17) is 21.1 Å². The van der Waals surface area contributed by atoms with Crippen LogP contribution in [0.25, 0.3) is 0 Å². The summed E-state index contributed by atoms with van der Waals surface area (Å²) in [5.41, 5.74) is 1.35. The van der Waals surface area contributed by atoms with E-state index in [-0.39, 0.29) is 40.4 Å². The van der Waals surface area contributed by atoms with E-state index in [9.17, 15) is 22.8 Å². The third-order valence-corrected chi connectivity index (χ3v) is 11.0. The van der Waals surface area contributed by atoms with E-state index in [1.54, 1.807) is 50.6 Å². The van der Waals surface area contributed by atoms with Gasteiger partial charge in [0.05, 0.1) is 31.8 Å². The number of carbonyl (C=O) groups is 2. The zero-order chi connectivity index (χ0) is 46.3. The molecule has 6 rings (SSSR count). The summed E-state index contributed by atoms with van der Waals surface area (Å²) in [4.78, 5) is 50.6. The van der Waals surface area contributed by atoms with Gasteiger partial charge in [-0.05, 0) is 77.9 Å². The first-order valence-corrected chi connectivity index (χ1v) is 20.9. The highest BCUT2D eigenvalue weighted by Gasteiger charge is 2.35. The van der Waals surface area contributed by atoms with Gasteiger partial charge in [-0.2, -0.15) is 23.1 Å². The normalized spacial score (nSPS) is 15.2. The number of amides is 2. The Kier molecular flexibility index (Phi) is 15.5. The standard InChI is InChI=1S/C22H29F3N6O2.C21H29ClN6O2.4H2/c1-21(2,3)31-10-8-30(9-11-31)19(32)14-6-7-16(17(12-14)33-5)28-20-27-13-15(22(23,24)25)18(26-4)29-20;1-21(2,3)28-10-8-27(9-11-28)19(29)14-6-7-16(17(12-14)30-5)25-20-24-13-15(22)18(23-4)26-20;;;;/h6-7,12-13H,8-11H2,1-5H3,(H2,26,27,28,29);6-7,12-13H,8-11H2,1-5H3,(H2,23,24,25,26);4*1H. The maximum absolute atomic E-state index is 13.1. The Morgan fingerprint density at radius 2 is 1.05 bits per heavy atom. The molecule has 2 saturated heterocycles. The van der Waals surface area contributed by atoms with Crippen LogP contribution in [0.1, 0.15) is 73.5 Å². The minimum Gasteiger partial charge on any atom is -0.495 e. The number of hydrogen-bond donors (Lipinski definition) is 4. The monoisotopic (exact) mass is 906 g/mol. The minimum absolute atomic E-state index is 0. The van der Waals surface area contributed by atoms with E-state index in [1.807, 2.05) is 9.80 Å². The van der Waals surface area contributed by atoms with Gasteiger partial charge < -0.3 is 40.5 Å². The molecule has 0 radical (unpaired) electrons. The van der Waals surface area contributed by atoms with E-state index in [0.29, 0.717) is 83.2 Å². The lowest BCUT2D eigenvalue weighted by Crippen LogP contribution is -2.54. The highest BCUT2D eigenvalue weighted by atomic mass is 35.5. The Morgan fingerprint density at radius 1 is 0.651 bits per heavy atom. The molecule has 350 valence electrons. The molecule has 2 aliphatic rings. The van der Waals surface area contributed by atoms with E-state index < -0.39 is 11.7 Å². The quantitative estimate of drug-likeness (QED) is 0.120. The average molecular weight is 908 g/mol. The molecule has 2 amide bonds. The van der Waals surface area contributed by atoms with Crippen LogP contribution in [0.2, 0.25) is 5.02 Å². The lowest BCUT2D eigenvalue weighted by molar-refractivity contribution is -0.137. The molecule has 0 spiro atoms. The topological polar surface area (TPSA) is 165 Å². The highest BCUT2D eigenvalue weighted by molar-refractivity contribution is 6.32. The summed E-state index contributed by atoms with van der Waals surface area (Å²) in [6.07, 6.45) is -2.35. The number of benzene rings is 2. The predicted octanol–water partition coefficient (Wildman–Crippen LogP) is 8.31. The molecular weight excluding hydrogens is 841 g/mol. The van der Waals surface area contributed by atoms with Crippen molar-refractivity contribution in [2.75, 3.05) is 102 Å². The lowest BCUT2D eigenvalue weighted by Gasteiger charge is -2.42. The fourth-order valence-corrected chi connectivity index (χ4v) is 7.25. The number of methoxy groups -OCH3 is 2. The third-order valence-electron chi connectivity index (χ3n) is 10.7. The molecule has 16 nitrogen and oxygen atoms in total. The molecule has 4 aromatic rings. The molecule has 2 aliphatic heterocycles. The van der Waals surface area contributed by atoms with Gasteiger partial charge in [-0.3, -0.25) is 19.4 Å². The number of nitrogens with zero attached hydrogens (tertiary/aromatic N) is 8. The number of halogens is 4. The molecule has 0 unspecified atom stereocenters. The second kappa shape index (κ2) is 20.2. The molecule has 20 heteroatoms. The number of anilines is 6. The molecular formula is C43H66ClF3N12O4. The molecule has 0 saturated carbocycles. The Morgan fingerprint density at radius 3 is 1.41 bits per heavy atom. The van der Waals surface area contributed by atoms with Crippen molar-refractivity contribution in [3.05, 3.63) is 70.5 Å². The SMILES string of the molecule is CNc1nc(Nc2ccc(C(=O)N3CCN(C(C)(C)C)CC3)cc2OC)ncc1C(F)(F)F.CNc1nc(Nc2ccc(C(=O)N3CCN(C(C)(C)C)CC3)cc2OC)ncc1Cl.[HH].[HH].[HH].[HH]. The Hall–Kier alpha value is -5.66. The van der Waals surface area contributed by atoms with Crippen LogP contribution in [0.3, 0.4) is 0 Å². The Labute approximate surface area is 377 Å². The molecule has 63 heavy (non-hydrogen) atoms. The van der Waals surface area contributed by atoms with Crippen LogP contribution in [0.5, 0.6) is 11.5 Å². The van der Waals surface area contributed by atoms with E-state index in [1.165, 1.54) is 20.4 Å². The van der Waals surface area contributed by atoms with Crippen LogP contribution in [0.4, 0.5) is 48.1 Å². The molecule has 0 bridgehead atoms. The van der Waals surface area contributed by atoms with Crippen LogP contribution in [0.15, 0.2) is 48.8 Å². The number of hydrogen-bond acceptors (Lipinski definition) is 14. The van der Waals surface area contributed by atoms with Crippen molar-refractivity contribution in [3.8, 4) is 11.5 Å². The van der Waals surface area contributed by atoms with Gasteiger partial charge in [0, 0.05) is 101 Å². The van der Waals surface area contributed by atoms with Crippen molar-refractivity contribution < 1.29 is 37.9 Å². The van der Waals surface area contributed by atoms with Crippen molar-refractivity contribution in [2.45, 2.75) is 58.8 Å². The maximum Gasteiger partial charge on any atom is 0.421 e. The van der Waals surface area contributed by atoms with E-state index >= 15 is 0 Å². The van der Waals surface area contributed by atoms with Crippen LogP contribution in [-0.4, -0.2) is 143 Å². The van der Waals surface area contributed by atoms with Gasteiger partial charge in [0.15, 0.2) is 0 Å². The molecule has 2 aromatic heterocycles. The summed E-state index contributed by atoms with van der Waals surface area (Å²) in [5, 5.41) is 11.8. The van der Waals surface area contributed by atoms with Crippen LogP contribution in [0, 0.1) is 0 Å². The first-order valence-electron chi connectivity index (χ1n) is 20.5. The summed E-state index contributed by atoms with van der Waals surface area (Å²) < 4.78 is 50.1. The number of piperazine rings is 2. The van der Waals surface area contributed by atoms with Gasteiger partial charge in [0.1, 0.15) is 33.7 Å². The summed E-state index contributed by atoms with van der Waals surface area (Å²) >= 11 is 6.04. The second-order valence-corrected chi connectivity index (χ2v) is 17.2. The van der Waals surface area contributed by atoms with Gasteiger partial charge in [0.2, 0.25) is 11.9 Å². The van der Waals surface area contributed by atoms with E-state index in [2.05, 4.69) is 92.5 Å². The summed E-state index contributed by atoms with van der Waals surface area (Å²) in [7, 11) is 6.10. The van der Waals surface area contributed by atoms with Gasteiger partial charge in [0.25, 0.3) is 11.8 Å².